The Bertz CT molecular complexity index is 782. The number of imidazole rings is 1. The van der Waals surface area contributed by atoms with Gasteiger partial charge in [-0.3, -0.25) is 9.50 Å². The van der Waals surface area contributed by atoms with Gasteiger partial charge in [0.1, 0.15) is 12.1 Å². The molecule has 1 aliphatic heterocycles. The van der Waals surface area contributed by atoms with Gasteiger partial charge in [-0.25, -0.2) is 4.98 Å². The third-order valence-electron chi connectivity index (χ3n) is 4.02. The Morgan fingerprint density at radius 2 is 2.05 bits per heavy atom. The Morgan fingerprint density at radius 1 is 1.18 bits per heavy atom. The zero-order valence-corrected chi connectivity index (χ0v) is 12.6. The van der Waals surface area contributed by atoms with Crippen LogP contribution in [-0.4, -0.2) is 37.7 Å². The number of anilines is 3. The first kappa shape index (κ1) is 13.1. The molecule has 0 amide bonds. The Kier molecular flexibility index (Phi) is 3.17. The van der Waals surface area contributed by atoms with E-state index in [9.17, 15) is 0 Å². The van der Waals surface area contributed by atoms with Crippen LogP contribution in [0.25, 0.3) is 5.52 Å². The van der Waals surface area contributed by atoms with E-state index in [1.807, 2.05) is 23.6 Å². The summed E-state index contributed by atoms with van der Waals surface area (Å²) in [5.41, 5.74) is 2.04. The summed E-state index contributed by atoms with van der Waals surface area (Å²) in [7, 11) is 0. The highest BCUT2D eigenvalue weighted by molar-refractivity contribution is 5.62. The molecule has 0 saturated carbocycles. The maximum atomic E-state index is 4.79. The molecule has 0 unspecified atom stereocenters. The molecule has 0 radical (unpaired) electrons. The van der Waals surface area contributed by atoms with Gasteiger partial charge in [-0.15, -0.1) is 0 Å². The van der Waals surface area contributed by atoms with E-state index in [2.05, 4.69) is 31.5 Å². The number of hydrogen-bond acceptors (Lipinski definition) is 5. The van der Waals surface area contributed by atoms with Gasteiger partial charge in [-0.2, -0.15) is 10.1 Å². The SMILES string of the molecule is Cc1cc(Nc2nc(N3CCCCC3)cc3cncn23)n[nH]1. The van der Waals surface area contributed by atoms with Crippen molar-refractivity contribution < 1.29 is 0 Å². The molecule has 22 heavy (non-hydrogen) atoms. The second kappa shape index (κ2) is 5.32. The van der Waals surface area contributed by atoms with Crippen LogP contribution in [0.5, 0.6) is 0 Å². The molecule has 7 nitrogen and oxygen atoms in total. The molecule has 3 aromatic heterocycles. The lowest BCUT2D eigenvalue weighted by Crippen LogP contribution is -2.30. The van der Waals surface area contributed by atoms with Crippen LogP contribution in [0.3, 0.4) is 0 Å². The van der Waals surface area contributed by atoms with Gasteiger partial charge in [-0.05, 0) is 26.2 Å². The summed E-state index contributed by atoms with van der Waals surface area (Å²) in [5.74, 6) is 2.50. The van der Waals surface area contributed by atoms with Crippen LogP contribution >= 0.6 is 0 Å². The van der Waals surface area contributed by atoms with E-state index in [0.29, 0.717) is 0 Å². The highest BCUT2D eigenvalue weighted by atomic mass is 15.3. The quantitative estimate of drug-likeness (QED) is 0.777. The average molecular weight is 297 g/mol. The smallest absolute Gasteiger partial charge is 0.216 e. The summed E-state index contributed by atoms with van der Waals surface area (Å²) < 4.78 is 1.94. The van der Waals surface area contributed by atoms with E-state index in [4.69, 9.17) is 4.98 Å². The van der Waals surface area contributed by atoms with E-state index >= 15 is 0 Å². The summed E-state index contributed by atoms with van der Waals surface area (Å²) in [6.07, 6.45) is 7.39. The lowest BCUT2D eigenvalue weighted by Gasteiger charge is -2.28. The molecular weight excluding hydrogens is 278 g/mol. The maximum absolute atomic E-state index is 4.79. The number of nitrogens with zero attached hydrogens (tertiary/aromatic N) is 5. The molecule has 1 fully saturated rings. The highest BCUT2D eigenvalue weighted by Gasteiger charge is 2.15. The van der Waals surface area contributed by atoms with Crippen molar-refractivity contribution in [3.8, 4) is 0 Å². The molecule has 1 aliphatic rings. The van der Waals surface area contributed by atoms with E-state index in [-0.39, 0.29) is 0 Å². The fraction of sp³-hybridized carbons (Fsp3) is 0.400. The molecule has 1 saturated heterocycles. The standard InChI is InChI=1S/C15H19N7/c1-11-7-13(20-19-11)17-15-18-14(21-5-3-2-4-6-21)8-12-9-16-10-22(12)15/h7-10H,2-6H2,1H3,(H2,17,18,19,20). The largest absolute Gasteiger partial charge is 0.356 e. The summed E-state index contributed by atoms with van der Waals surface area (Å²) >= 11 is 0. The Morgan fingerprint density at radius 3 is 2.82 bits per heavy atom. The average Bonchev–Trinajstić information content (AvgIpc) is 3.17. The molecule has 0 spiro atoms. The third-order valence-corrected chi connectivity index (χ3v) is 4.02. The van der Waals surface area contributed by atoms with Gasteiger partial charge in [0.25, 0.3) is 0 Å². The first-order valence-corrected chi connectivity index (χ1v) is 7.67. The minimum absolute atomic E-state index is 0.738. The summed E-state index contributed by atoms with van der Waals surface area (Å²) in [6, 6.07) is 4.05. The number of piperidine rings is 1. The van der Waals surface area contributed by atoms with Crippen molar-refractivity contribution in [1.82, 2.24) is 24.6 Å². The van der Waals surface area contributed by atoms with Crippen molar-refractivity contribution in [1.29, 1.82) is 0 Å². The molecule has 0 atom stereocenters. The van der Waals surface area contributed by atoms with Crippen LogP contribution in [0, 0.1) is 6.92 Å². The monoisotopic (exact) mass is 297 g/mol. The number of rotatable bonds is 3. The van der Waals surface area contributed by atoms with Crippen molar-refractivity contribution in [3.63, 3.8) is 0 Å². The van der Waals surface area contributed by atoms with Crippen molar-refractivity contribution in [3.05, 3.63) is 30.4 Å². The van der Waals surface area contributed by atoms with Crippen LogP contribution < -0.4 is 10.2 Å². The summed E-state index contributed by atoms with van der Waals surface area (Å²) in [5, 5.41) is 10.4. The second-order valence-corrected chi connectivity index (χ2v) is 5.74. The van der Waals surface area contributed by atoms with Crippen LogP contribution in [0.15, 0.2) is 24.7 Å². The van der Waals surface area contributed by atoms with Crippen molar-refractivity contribution in [2.24, 2.45) is 0 Å². The van der Waals surface area contributed by atoms with Gasteiger partial charge in [-0.1, -0.05) is 0 Å². The molecular formula is C15H19N7. The van der Waals surface area contributed by atoms with E-state index in [1.54, 1.807) is 6.33 Å². The number of H-pyrrole nitrogens is 1. The number of hydrogen-bond donors (Lipinski definition) is 2. The molecule has 0 aliphatic carbocycles. The second-order valence-electron chi connectivity index (χ2n) is 5.74. The fourth-order valence-corrected chi connectivity index (χ4v) is 2.89. The molecule has 3 aromatic rings. The van der Waals surface area contributed by atoms with Gasteiger partial charge in [0, 0.05) is 30.9 Å². The first-order valence-electron chi connectivity index (χ1n) is 7.67. The van der Waals surface area contributed by atoms with Crippen molar-refractivity contribution >= 4 is 23.1 Å². The lowest BCUT2D eigenvalue weighted by molar-refractivity contribution is 0.573. The van der Waals surface area contributed by atoms with Crippen molar-refractivity contribution in [2.75, 3.05) is 23.3 Å². The number of nitrogens with one attached hydrogen (secondary N) is 2. The lowest BCUT2D eigenvalue weighted by atomic mass is 10.1. The number of aromatic amines is 1. The molecule has 0 bridgehead atoms. The van der Waals surface area contributed by atoms with Crippen LogP contribution in [0.4, 0.5) is 17.6 Å². The van der Waals surface area contributed by atoms with E-state index in [0.717, 1.165) is 41.9 Å². The highest BCUT2D eigenvalue weighted by Crippen LogP contribution is 2.23. The minimum atomic E-state index is 0.738. The minimum Gasteiger partial charge on any atom is -0.356 e. The van der Waals surface area contributed by atoms with Gasteiger partial charge < -0.3 is 10.2 Å². The fourth-order valence-electron chi connectivity index (χ4n) is 2.89. The predicted octanol–water partition coefficient (Wildman–Crippen LogP) is 2.49. The molecule has 4 rings (SSSR count). The Labute approximate surface area is 128 Å². The van der Waals surface area contributed by atoms with E-state index in [1.165, 1.54) is 19.3 Å². The normalized spacial score (nSPS) is 15.4. The first-order chi connectivity index (χ1) is 10.8. The number of aryl methyl sites for hydroxylation is 1. The van der Waals surface area contributed by atoms with Gasteiger partial charge >= 0.3 is 0 Å². The predicted molar refractivity (Wildman–Crippen MR) is 85.7 cm³/mol. The summed E-state index contributed by atoms with van der Waals surface area (Å²) in [6.45, 7) is 4.11. The Balaban J connectivity index is 1.73. The molecule has 4 heterocycles. The van der Waals surface area contributed by atoms with Crippen LogP contribution in [0.2, 0.25) is 0 Å². The number of fused-ring (bicyclic) bond motifs is 1. The topological polar surface area (TPSA) is 74.1 Å². The van der Waals surface area contributed by atoms with Gasteiger partial charge in [0.2, 0.25) is 5.95 Å². The van der Waals surface area contributed by atoms with Crippen LogP contribution in [-0.2, 0) is 0 Å². The van der Waals surface area contributed by atoms with Gasteiger partial charge in [0.15, 0.2) is 5.82 Å². The molecule has 114 valence electrons. The zero-order chi connectivity index (χ0) is 14.9. The van der Waals surface area contributed by atoms with Crippen LogP contribution in [0.1, 0.15) is 25.0 Å². The van der Waals surface area contributed by atoms with Gasteiger partial charge in [0.05, 0.1) is 11.7 Å². The molecule has 0 aromatic carbocycles. The maximum Gasteiger partial charge on any atom is 0.216 e. The Hall–Kier alpha value is -2.57. The number of aromatic nitrogens is 5. The van der Waals surface area contributed by atoms with Crippen molar-refractivity contribution in [2.45, 2.75) is 26.2 Å². The summed E-state index contributed by atoms with van der Waals surface area (Å²) in [4.78, 5) is 11.4. The molecule has 2 N–H and O–H groups in total. The molecule has 7 heteroatoms. The third kappa shape index (κ3) is 2.38. The van der Waals surface area contributed by atoms with E-state index < -0.39 is 0 Å². The zero-order valence-electron chi connectivity index (χ0n) is 12.6.